The second-order valence-corrected chi connectivity index (χ2v) is 3.55. The van der Waals surface area contributed by atoms with E-state index in [1.807, 2.05) is 22.9 Å². The molecule has 2 heterocycles. The molecule has 0 bridgehead atoms. The Morgan fingerprint density at radius 2 is 2.19 bits per heavy atom. The average Bonchev–Trinajstić information content (AvgIpc) is 2.78. The van der Waals surface area contributed by atoms with Gasteiger partial charge in [-0.2, -0.15) is 5.10 Å². The van der Waals surface area contributed by atoms with E-state index in [2.05, 4.69) is 22.1 Å². The van der Waals surface area contributed by atoms with Crippen molar-refractivity contribution in [3.63, 3.8) is 0 Å². The number of hydrogen-bond donors (Lipinski definition) is 1. The molecule has 0 spiro atoms. The molecule has 2 N–H and O–H groups in total. The van der Waals surface area contributed by atoms with Gasteiger partial charge < -0.3 is 5.73 Å². The van der Waals surface area contributed by atoms with Crippen molar-refractivity contribution in [1.82, 2.24) is 19.7 Å². The maximum Gasteiger partial charge on any atom is 0.160 e. The van der Waals surface area contributed by atoms with E-state index < -0.39 is 0 Å². The summed E-state index contributed by atoms with van der Waals surface area (Å²) in [6, 6.07) is 3.80. The number of nitrogens with two attached hydrogens (primary N) is 1. The van der Waals surface area contributed by atoms with Crippen LogP contribution >= 0.6 is 0 Å². The Bertz CT molecular complexity index is 446. The monoisotopic (exact) mass is 217 g/mol. The van der Waals surface area contributed by atoms with Gasteiger partial charge in [-0.3, -0.25) is 4.57 Å². The van der Waals surface area contributed by atoms with E-state index in [0.717, 1.165) is 30.2 Å². The number of imidazole rings is 1. The van der Waals surface area contributed by atoms with Gasteiger partial charge in [0.2, 0.25) is 0 Å². The second kappa shape index (κ2) is 4.85. The zero-order valence-corrected chi connectivity index (χ0v) is 9.30. The predicted octanol–water partition coefficient (Wildman–Crippen LogP) is 1.07. The van der Waals surface area contributed by atoms with Gasteiger partial charge in [0.05, 0.1) is 5.69 Å². The third kappa shape index (κ3) is 2.09. The van der Waals surface area contributed by atoms with Gasteiger partial charge in [-0.15, -0.1) is 5.10 Å². The fourth-order valence-corrected chi connectivity index (χ4v) is 1.54. The molecular formula is C11H15N5. The number of aromatic nitrogens is 4. The second-order valence-electron chi connectivity index (χ2n) is 3.55. The van der Waals surface area contributed by atoms with E-state index in [1.165, 1.54) is 0 Å². The molecule has 0 fully saturated rings. The first-order valence-corrected chi connectivity index (χ1v) is 5.40. The van der Waals surface area contributed by atoms with Crippen molar-refractivity contribution in [2.75, 3.05) is 0 Å². The molecule has 0 aliphatic heterocycles. The van der Waals surface area contributed by atoms with E-state index in [4.69, 9.17) is 5.73 Å². The minimum atomic E-state index is 0.416. The molecule has 5 nitrogen and oxygen atoms in total. The zero-order valence-electron chi connectivity index (χ0n) is 9.30. The van der Waals surface area contributed by atoms with Crippen LogP contribution in [-0.2, 0) is 13.0 Å². The summed E-state index contributed by atoms with van der Waals surface area (Å²) in [5.74, 6) is 1.80. The van der Waals surface area contributed by atoms with Gasteiger partial charge in [0.25, 0.3) is 0 Å². The molecule has 0 amide bonds. The minimum absolute atomic E-state index is 0.416. The lowest BCUT2D eigenvalue weighted by Crippen LogP contribution is -2.06. The maximum atomic E-state index is 5.47. The van der Waals surface area contributed by atoms with E-state index >= 15 is 0 Å². The van der Waals surface area contributed by atoms with E-state index in [-0.39, 0.29) is 0 Å². The Kier molecular flexibility index (Phi) is 3.26. The van der Waals surface area contributed by atoms with Crippen molar-refractivity contribution in [3.05, 3.63) is 36.0 Å². The lowest BCUT2D eigenvalue weighted by atomic mass is 10.3. The lowest BCUT2D eigenvalue weighted by molar-refractivity contribution is 0.777. The summed E-state index contributed by atoms with van der Waals surface area (Å²) in [4.78, 5) is 4.30. The van der Waals surface area contributed by atoms with E-state index in [0.29, 0.717) is 6.54 Å². The Balaban J connectivity index is 2.31. The van der Waals surface area contributed by atoms with Crippen molar-refractivity contribution in [2.24, 2.45) is 5.73 Å². The molecule has 0 aromatic carbocycles. The van der Waals surface area contributed by atoms with Gasteiger partial charge in [-0.1, -0.05) is 6.92 Å². The molecule has 0 saturated carbocycles. The maximum absolute atomic E-state index is 5.47. The molecule has 84 valence electrons. The summed E-state index contributed by atoms with van der Waals surface area (Å²) in [7, 11) is 0. The normalized spacial score (nSPS) is 10.6. The quantitative estimate of drug-likeness (QED) is 0.831. The summed E-state index contributed by atoms with van der Waals surface area (Å²) in [5, 5.41) is 8.16. The molecule has 0 unspecified atom stereocenters. The first-order valence-electron chi connectivity index (χ1n) is 5.40. The molecule has 0 aliphatic rings. The standard InChI is InChI=1S/C11H15N5/c1-2-3-10-13-6-7-16(10)11-5-4-9(8-12)14-15-11/h4-7H,2-3,8,12H2,1H3. The Morgan fingerprint density at radius 1 is 1.31 bits per heavy atom. The number of aryl methyl sites for hydroxylation is 1. The third-order valence-corrected chi connectivity index (χ3v) is 2.35. The van der Waals surface area contributed by atoms with Crippen LogP contribution in [0.1, 0.15) is 24.9 Å². The molecule has 0 atom stereocenters. The third-order valence-electron chi connectivity index (χ3n) is 2.35. The van der Waals surface area contributed by atoms with Gasteiger partial charge in [0, 0.05) is 25.4 Å². The molecule has 16 heavy (non-hydrogen) atoms. The van der Waals surface area contributed by atoms with Gasteiger partial charge >= 0.3 is 0 Å². The molecule has 2 aromatic heterocycles. The highest BCUT2D eigenvalue weighted by Gasteiger charge is 2.05. The molecule has 0 aliphatic carbocycles. The fraction of sp³-hybridized carbons (Fsp3) is 0.364. The Labute approximate surface area is 94.3 Å². The molecular weight excluding hydrogens is 202 g/mol. The fourth-order valence-electron chi connectivity index (χ4n) is 1.54. The van der Waals surface area contributed by atoms with Crippen LogP contribution in [-0.4, -0.2) is 19.7 Å². The van der Waals surface area contributed by atoms with Crippen LogP contribution in [0.2, 0.25) is 0 Å². The number of nitrogens with zero attached hydrogens (tertiary/aromatic N) is 4. The Hall–Kier alpha value is -1.75. The topological polar surface area (TPSA) is 69.6 Å². The van der Waals surface area contributed by atoms with Crippen LogP contribution in [0.4, 0.5) is 0 Å². The van der Waals surface area contributed by atoms with Crippen molar-refractivity contribution in [2.45, 2.75) is 26.3 Å². The number of rotatable bonds is 4. The van der Waals surface area contributed by atoms with Crippen LogP contribution in [0, 0.1) is 0 Å². The van der Waals surface area contributed by atoms with Crippen molar-refractivity contribution in [1.29, 1.82) is 0 Å². The van der Waals surface area contributed by atoms with Crippen LogP contribution < -0.4 is 5.73 Å². The molecule has 2 aromatic rings. The highest BCUT2D eigenvalue weighted by molar-refractivity contribution is 5.24. The van der Waals surface area contributed by atoms with E-state index in [9.17, 15) is 0 Å². The lowest BCUT2D eigenvalue weighted by Gasteiger charge is -2.05. The molecule has 2 rings (SSSR count). The largest absolute Gasteiger partial charge is 0.325 e. The summed E-state index contributed by atoms with van der Waals surface area (Å²) < 4.78 is 1.96. The van der Waals surface area contributed by atoms with Crippen LogP contribution in [0.15, 0.2) is 24.5 Å². The van der Waals surface area contributed by atoms with Crippen molar-refractivity contribution < 1.29 is 0 Å². The smallest absolute Gasteiger partial charge is 0.160 e. The minimum Gasteiger partial charge on any atom is -0.325 e. The summed E-state index contributed by atoms with van der Waals surface area (Å²) in [6.45, 7) is 2.54. The SMILES string of the molecule is CCCc1nccn1-c1ccc(CN)nn1. The van der Waals surface area contributed by atoms with Gasteiger partial charge in [0.15, 0.2) is 5.82 Å². The molecule has 0 saturated heterocycles. The van der Waals surface area contributed by atoms with E-state index in [1.54, 1.807) is 6.20 Å². The highest BCUT2D eigenvalue weighted by atomic mass is 15.2. The molecule has 0 radical (unpaired) electrons. The average molecular weight is 217 g/mol. The van der Waals surface area contributed by atoms with Gasteiger partial charge in [0.1, 0.15) is 5.82 Å². The molecule has 5 heteroatoms. The Morgan fingerprint density at radius 3 is 2.81 bits per heavy atom. The summed E-state index contributed by atoms with van der Waals surface area (Å²) in [6.07, 6.45) is 5.68. The van der Waals surface area contributed by atoms with Crippen molar-refractivity contribution in [3.8, 4) is 5.82 Å². The number of hydrogen-bond acceptors (Lipinski definition) is 4. The predicted molar refractivity (Wildman–Crippen MR) is 61.0 cm³/mol. The van der Waals surface area contributed by atoms with Crippen LogP contribution in [0.5, 0.6) is 0 Å². The first-order chi connectivity index (χ1) is 7.85. The highest BCUT2D eigenvalue weighted by Crippen LogP contribution is 2.08. The summed E-state index contributed by atoms with van der Waals surface area (Å²) >= 11 is 0. The zero-order chi connectivity index (χ0) is 11.4. The van der Waals surface area contributed by atoms with Gasteiger partial charge in [-0.25, -0.2) is 4.98 Å². The van der Waals surface area contributed by atoms with Crippen molar-refractivity contribution >= 4 is 0 Å². The summed E-state index contributed by atoms with van der Waals surface area (Å²) in [5.41, 5.74) is 6.27. The van der Waals surface area contributed by atoms with Crippen LogP contribution in [0.25, 0.3) is 5.82 Å². The van der Waals surface area contributed by atoms with Gasteiger partial charge in [-0.05, 0) is 18.6 Å². The first kappa shape index (κ1) is 10.8. The van der Waals surface area contributed by atoms with Crippen LogP contribution in [0.3, 0.4) is 0 Å².